The fourth-order valence-corrected chi connectivity index (χ4v) is 2.84. The zero-order valence-electron chi connectivity index (χ0n) is 13.8. The zero-order valence-corrected chi connectivity index (χ0v) is 13.8. The van der Waals surface area contributed by atoms with Crippen molar-refractivity contribution in [3.63, 3.8) is 0 Å². The molecule has 3 heterocycles. The molecule has 4 rings (SSSR count). The van der Waals surface area contributed by atoms with Crippen LogP contribution in [0.3, 0.4) is 0 Å². The van der Waals surface area contributed by atoms with E-state index in [-0.39, 0.29) is 5.56 Å². The maximum absolute atomic E-state index is 12.8. The molecule has 0 saturated carbocycles. The average Bonchev–Trinajstić information content (AvgIpc) is 3.05. The van der Waals surface area contributed by atoms with Crippen LogP contribution in [0.5, 0.6) is 11.5 Å². The Labute approximate surface area is 143 Å². The van der Waals surface area contributed by atoms with Crippen LogP contribution in [0.15, 0.2) is 53.8 Å². The van der Waals surface area contributed by atoms with E-state index in [1.54, 1.807) is 19.2 Å². The number of hydrogen-bond donors (Lipinski definition) is 0. The summed E-state index contributed by atoms with van der Waals surface area (Å²) in [6, 6.07) is 9.13. The van der Waals surface area contributed by atoms with Gasteiger partial charge in [-0.1, -0.05) is 6.07 Å². The number of fused-ring (bicyclic) bond motifs is 2. The van der Waals surface area contributed by atoms with Gasteiger partial charge in [0, 0.05) is 18.5 Å². The summed E-state index contributed by atoms with van der Waals surface area (Å²) >= 11 is 0. The van der Waals surface area contributed by atoms with Crippen LogP contribution in [0.25, 0.3) is 16.6 Å². The van der Waals surface area contributed by atoms with E-state index in [1.165, 1.54) is 18.0 Å². The SMILES string of the molecule is COc1cc2ncn(Cc3cn4ccccc4n3)c(=O)c2cc1OC. The summed E-state index contributed by atoms with van der Waals surface area (Å²) in [6.45, 7) is 0.345. The lowest BCUT2D eigenvalue weighted by Crippen LogP contribution is -2.21. The van der Waals surface area contributed by atoms with E-state index < -0.39 is 0 Å². The minimum absolute atomic E-state index is 0.150. The molecule has 0 N–H and O–H groups in total. The molecule has 3 aromatic heterocycles. The third-order valence-electron chi connectivity index (χ3n) is 4.08. The summed E-state index contributed by atoms with van der Waals surface area (Å²) in [7, 11) is 3.09. The molecule has 0 spiro atoms. The van der Waals surface area contributed by atoms with Crippen LogP contribution >= 0.6 is 0 Å². The number of pyridine rings is 1. The van der Waals surface area contributed by atoms with Gasteiger partial charge in [-0.3, -0.25) is 9.36 Å². The van der Waals surface area contributed by atoms with Crippen molar-refractivity contribution in [1.82, 2.24) is 18.9 Å². The van der Waals surface area contributed by atoms with Crippen LogP contribution in [0.2, 0.25) is 0 Å². The Bertz CT molecular complexity index is 1100. The molecule has 7 heteroatoms. The molecule has 7 nitrogen and oxygen atoms in total. The van der Waals surface area contributed by atoms with Crippen LogP contribution < -0.4 is 15.0 Å². The summed E-state index contributed by atoms with van der Waals surface area (Å²) in [4.78, 5) is 21.7. The molecule has 0 amide bonds. The predicted octanol–water partition coefficient (Wildman–Crippen LogP) is 2.11. The summed E-state index contributed by atoms with van der Waals surface area (Å²) in [5.41, 5.74) is 2.04. The fourth-order valence-electron chi connectivity index (χ4n) is 2.84. The van der Waals surface area contributed by atoms with Gasteiger partial charge in [-0.25, -0.2) is 9.97 Å². The molecule has 126 valence electrons. The highest BCUT2D eigenvalue weighted by atomic mass is 16.5. The van der Waals surface area contributed by atoms with Gasteiger partial charge in [-0.05, 0) is 18.2 Å². The number of nitrogens with zero attached hydrogens (tertiary/aromatic N) is 4. The predicted molar refractivity (Wildman–Crippen MR) is 93.4 cm³/mol. The molecular weight excluding hydrogens is 320 g/mol. The molecule has 0 unspecified atom stereocenters. The first kappa shape index (κ1) is 15.2. The number of hydrogen-bond acceptors (Lipinski definition) is 5. The largest absolute Gasteiger partial charge is 0.493 e. The zero-order chi connectivity index (χ0) is 17.4. The van der Waals surface area contributed by atoms with Crippen molar-refractivity contribution in [2.24, 2.45) is 0 Å². The molecule has 0 radical (unpaired) electrons. The highest BCUT2D eigenvalue weighted by Gasteiger charge is 2.12. The standard InChI is InChI=1S/C18H16N4O3/c1-24-15-7-13-14(8-16(15)25-2)19-11-22(18(13)23)10-12-9-21-6-4-3-5-17(21)20-12/h3-9,11H,10H2,1-2H3. The number of methoxy groups -OCH3 is 2. The van der Waals surface area contributed by atoms with E-state index in [0.717, 1.165) is 11.3 Å². The van der Waals surface area contributed by atoms with E-state index in [2.05, 4.69) is 9.97 Å². The number of rotatable bonds is 4. The first-order valence-electron chi connectivity index (χ1n) is 7.73. The molecular formula is C18H16N4O3. The quantitative estimate of drug-likeness (QED) is 0.571. The Kier molecular flexibility index (Phi) is 3.61. The lowest BCUT2D eigenvalue weighted by Gasteiger charge is -2.10. The lowest BCUT2D eigenvalue weighted by atomic mass is 10.2. The first-order chi connectivity index (χ1) is 12.2. The maximum atomic E-state index is 12.8. The Morgan fingerprint density at radius 3 is 2.68 bits per heavy atom. The topological polar surface area (TPSA) is 70.7 Å². The Morgan fingerprint density at radius 1 is 1.12 bits per heavy atom. The fraction of sp³-hybridized carbons (Fsp3) is 0.167. The van der Waals surface area contributed by atoms with Crippen LogP contribution in [0.1, 0.15) is 5.69 Å². The number of benzene rings is 1. The van der Waals surface area contributed by atoms with Crippen molar-refractivity contribution >= 4 is 16.6 Å². The van der Waals surface area contributed by atoms with Crippen molar-refractivity contribution in [3.8, 4) is 11.5 Å². The Hall–Kier alpha value is -3.35. The Balaban J connectivity index is 1.79. The first-order valence-corrected chi connectivity index (χ1v) is 7.73. The molecule has 0 aliphatic carbocycles. The monoisotopic (exact) mass is 336 g/mol. The molecule has 0 fully saturated rings. The molecule has 4 aromatic rings. The lowest BCUT2D eigenvalue weighted by molar-refractivity contribution is 0.355. The second-order valence-corrected chi connectivity index (χ2v) is 5.60. The van der Waals surface area contributed by atoms with Gasteiger partial charge in [-0.2, -0.15) is 0 Å². The van der Waals surface area contributed by atoms with Gasteiger partial charge >= 0.3 is 0 Å². The van der Waals surface area contributed by atoms with Gasteiger partial charge in [0.25, 0.3) is 5.56 Å². The van der Waals surface area contributed by atoms with E-state index in [1.807, 2.05) is 35.0 Å². The van der Waals surface area contributed by atoms with E-state index in [0.29, 0.717) is 28.9 Å². The smallest absolute Gasteiger partial charge is 0.261 e. The van der Waals surface area contributed by atoms with Gasteiger partial charge in [0.15, 0.2) is 11.5 Å². The van der Waals surface area contributed by atoms with Gasteiger partial charge in [0.2, 0.25) is 0 Å². The minimum Gasteiger partial charge on any atom is -0.493 e. The number of imidazole rings is 1. The third-order valence-corrected chi connectivity index (χ3v) is 4.08. The Morgan fingerprint density at radius 2 is 1.92 bits per heavy atom. The van der Waals surface area contributed by atoms with Crippen LogP contribution in [-0.2, 0) is 6.54 Å². The minimum atomic E-state index is -0.150. The van der Waals surface area contributed by atoms with E-state index in [9.17, 15) is 4.79 Å². The van der Waals surface area contributed by atoms with Crippen molar-refractivity contribution in [2.45, 2.75) is 6.54 Å². The van der Waals surface area contributed by atoms with Crippen molar-refractivity contribution < 1.29 is 9.47 Å². The van der Waals surface area contributed by atoms with Crippen molar-refractivity contribution in [3.05, 3.63) is 65.1 Å². The van der Waals surface area contributed by atoms with Crippen LogP contribution in [0.4, 0.5) is 0 Å². The van der Waals surface area contributed by atoms with Gasteiger partial charge < -0.3 is 13.9 Å². The normalized spacial score (nSPS) is 11.1. The second kappa shape index (κ2) is 5.94. The highest BCUT2D eigenvalue weighted by Crippen LogP contribution is 2.29. The summed E-state index contributed by atoms with van der Waals surface area (Å²) in [5, 5.41) is 0.476. The molecule has 0 saturated heterocycles. The maximum Gasteiger partial charge on any atom is 0.261 e. The molecule has 0 aliphatic rings. The van der Waals surface area contributed by atoms with Gasteiger partial charge in [-0.15, -0.1) is 0 Å². The highest BCUT2D eigenvalue weighted by molar-refractivity contribution is 5.81. The molecule has 0 bridgehead atoms. The van der Waals surface area contributed by atoms with Crippen LogP contribution in [-0.4, -0.2) is 33.2 Å². The summed E-state index contributed by atoms with van der Waals surface area (Å²) in [5.74, 6) is 1.04. The molecule has 0 aliphatic heterocycles. The molecule has 1 aromatic carbocycles. The van der Waals surface area contributed by atoms with Gasteiger partial charge in [0.05, 0.1) is 43.7 Å². The van der Waals surface area contributed by atoms with E-state index >= 15 is 0 Å². The van der Waals surface area contributed by atoms with Crippen molar-refractivity contribution in [2.75, 3.05) is 14.2 Å². The van der Waals surface area contributed by atoms with Gasteiger partial charge in [0.1, 0.15) is 5.65 Å². The average molecular weight is 336 g/mol. The summed E-state index contributed by atoms with van der Waals surface area (Å²) < 4.78 is 14.0. The number of aromatic nitrogens is 4. The second-order valence-electron chi connectivity index (χ2n) is 5.60. The van der Waals surface area contributed by atoms with Crippen LogP contribution in [0, 0.1) is 0 Å². The summed E-state index contributed by atoms with van der Waals surface area (Å²) in [6.07, 6.45) is 5.35. The molecule has 0 atom stereocenters. The third kappa shape index (κ3) is 2.59. The number of ether oxygens (including phenoxy) is 2. The van der Waals surface area contributed by atoms with E-state index in [4.69, 9.17) is 9.47 Å². The molecule has 25 heavy (non-hydrogen) atoms. The van der Waals surface area contributed by atoms with Crippen molar-refractivity contribution in [1.29, 1.82) is 0 Å².